The van der Waals surface area contributed by atoms with Crippen LogP contribution in [0.1, 0.15) is 5.69 Å². The molecule has 0 aliphatic rings. The highest BCUT2D eigenvalue weighted by molar-refractivity contribution is 6.29. The van der Waals surface area contributed by atoms with Gasteiger partial charge in [-0.25, -0.2) is 9.97 Å². The zero-order chi connectivity index (χ0) is 9.10. The standard InChI is InChI=1S/C8H7ClN4/c9-8-4-7(10-6-11-8)5-13-3-1-2-12-13/h1-4,6H,5H2. The molecule has 2 aromatic heterocycles. The summed E-state index contributed by atoms with van der Waals surface area (Å²) in [7, 11) is 0. The zero-order valence-corrected chi connectivity index (χ0v) is 7.52. The van der Waals surface area contributed by atoms with Crippen LogP contribution in [0.15, 0.2) is 30.9 Å². The SMILES string of the molecule is Clc1cc(Cn2cccn2)ncn1. The molecule has 0 aromatic carbocycles. The highest BCUT2D eigenvalue weighted by Gasteiger charge is 1.97. The average molecular weight is 195 g/mol. The number of hydrogen-bond acceptors (Lipinski definition) is 3. The van der Waals surface area contributed by atoms with Crippen molar-refractivity contribution in [1.82, 2.24) is 19.7 Å². The summed E-state index contributed by atoms with van der Waals surface area (Å²) >= 11 is 5.70. The van der Waals surface area contributed by atoms with E-state index in [0.29, 0.717) is 11.7 Å². The quantitative estimate of drug-likeness (QED) is 0.679. The second kappa shape index (κ2) is 3.53. The van der Waals surface area contributed by atoms with Crippen LogP contribution in [0.2, 0.25) is 5.15 Å². The van der Waals surface area contributed by atoms with Gasteiger partial charge in [-0.1, -0.05) is 11.6 Å². The van der Waals surface area contributed by atoms with Crippen molar-refractivity contribution < 1.29 is 0 Å². The molecule has 0 unspecified atom stereocenters. The minimum atomic E-state index is 0.456. The van der Waals surface area contributed by atoms with E-state index in [-0.39, 0.29) is 0 Å². The van der Waals surface area contributed by atoms with Gasteiger partial charge in [0.05, 0.1) is 12.2 Å². The van der Waals surface area contributed by atoms with E-state index in [2.05, 4.69) is 15.1 Å². The van der Waals surface area contributed by atoms with Crippen LogP contribution in [0, 0.1) is 0 Å². The maximum Gasteiger partial charge on any atom is 0.132 e. The van der Waals surface area contributed by atoms with Crippen LogP contribution >= 0.6 is 11.6 Å². The first-order chi connectivity index (χ1) is 6.34. The Morgan fingerprint density at radius 2 is 2.31 bits per heavy atom. The Kier molecular flexibility index (Phi) is 2.23. The third kappa shape index (κ3) is 2.03. The van der Waals surface area contributed by atoms with E-state index in [1.54, 1.807) is 16.9 Å². The first-order valence-corrected chi connectivity index (χ1v) is 4.16. The van der Waals surface area contributed by atoms with Crippen molar-refractivity contribution in [2.45, 2.75) is 6.54 Å². The lowest BCUT2D eigenvalue weighted by atomic mass is 10.4. The molecule has 5 heteroatoms. The molecule has 0 aliphatic heterocycles. The van der Waals surface area contributed by atoms with Gasteiger partial charge in [-0.2, -0.15) is 5.10 Å². The highest BCUT2D eigenvalue weighted by Crippen LogP contribution is 2.04. The van der Waals surface area contributed by atoms with Gasteiger partial charge in [0.2, 0.25) is 0 Å². The van der Waals surface area contributed by atoms with Crippen molar-refractivity contribution in [2.75, 3.05) is 0 Å². The lowest BCUT2D eigenvalue weighted by Crippen LogP contribution is -2.02. The lowest BCUT2D eigenvalue weighted by molar-refractivity contribution is 0.671. The zero-order valence-electron chi connectivity index (χ0n) is 6.76. The molecule has 0 amide bonds. The molecule has 0 N–H and O–H groups in total. The van der Waals surface area contributed by atoms with Crippen molar-refractivity contribution >= 4 is 11.6 Å². The molecule has 0 aliphatic carbocycles. The van der Waals surface area contributed by atoms with Crippen LogP contribution in [0.3, 0.4) is 0 Å². The van der Waals surface area contributed by atoms with E-state index in [4.69, 9.17) is 11.6 Å². The molecule has 2 rings (SSSR count). The summed E-state index contributed by atoms with van der Waals surface area (Å²) in [6.45, 7) is 0.620. The summed E-state index contributed by atoms with van der Waals surface area (Å²) in [5, 5.41) is 4.51. The summed E-state index contributed by atoms with van der Waals surface area (Å²) in [5.74, 6) is 0. The van der Waals surface area contributed by atoms with Crippen LogP contribution in [-0.2, 0) is 6.54 Å². The van der Waals surface area contributed by atoms with Crippen LogP contribution < -0.4 is 0 Å². The van der Waals surface area contributed by atoms with Crippen molar-refractivity contribution in [3.8, 4) is 0 Å². The predicted molar refractivity (Wildman–Crippen MR) is 48.4 cm³/mol. The normalized spacial score (nSPS) is 10.2. The minimum absolute atomic E-state index is 0.456. The molecule has 2 heterocycles. The van der Waals surface area contributed by atoms with Gasteiger partial charge in [0.15, 0.2) is 0 Å². The van der Waals surface area contributed by atoms with E-state index in [1.807, 2.05) is 12.3 Å². The molecule has 0 bridgehead atoms. The molecule has 4 nitrogen and oxygen atoms in total. The maximum atomic E-state index is 5.70. The van der Waals surface area contributed by atoms with Gasteiger partial charge < -0.3 is 0 Å². The summed E-state index contributed by atoms with van der Waals surface area (Å²) in [5.41, 5.74) is 0.851. The monoisotopic (exact) mass is 194 g/mol. The lowest BCUT2D eigenvalue weighted by Gasteiger charge is -1.99. The molecule has 13 heavy (non-hydrogen) atoms. The Balaban J connectivity index is 2.19. The molecular formula is C8H7ClN4. The molecule has 66 valence electrons. The van der Waals surface area contributed by atoms with Crippen LogP contribution in [0.5, 0.6) is 0 Å². The fourth-order valence-electron chi connectivity index (χ4n) is 1.02. The number of rotatable bonds is 2. The van der Waals surface area contributed by atoms with E-state index in [1.165, 1.54) is 6.33 Å². The van der Waals surface area contributed by atoms with Gasteiger partial charge in [0.1, 0.15) is 11.5 Å². The second-order valence-electron chi connectivity index (χ2n) is 2.54. The Morgan fingerprint density at radius 1 is 1.38 bits per heavy atom. The Labute approximate surface area is 80.2 Å². The number of halogens is 1. The van der Waals surface area contributed by atoms with Gasteiger partial charge in [-0.05, 0) is 12.1 Å². The second-order valence-corrected chi connectivity index (χ2v) is 2.92. The van der Waals surface area contributed by atoms with Gasteiger partial charge in [-0.15, -0.1) is 0 Å². The third-order valence-electron chi connectivity index (χ3n) is 1.57. The van der Waals surface area contributed by atoms with Gasteiger partial charge in [0, 0.05) is 12.4 Å². The largest absolute Gasteiger partial charge is 0.267 e. The third-order valence-corrected chi connectivity index (χ3v) is 1.78. The Bertz CT molecular complexity index is 385. The molecule has 0 atom stereocenters. The van der Waals surface area contributed by atoms with Crippen molar-refractivity contribution in [3.63, 3.8) is 0 Å². The molecule has 0 saturated heterocycles. The maximum absolute atomic E-state index is 5.70. The smallest absolute Gasteiger partial charge is 0.132 e. The van der Waals surface area contributed by atoms with Gasteiger partial charge in [0.25, 0.3) is 0 Å². The Hall–Kier alpha value is -1.42. The van der Waals surface area contributed by atoms with E-state index < -0.39 is 0 Å². The van der Waals surface area contributed by atoms with Crippen molar-refractivity contribution in [3.05, 3.63) is 41.7 Å². The molecule has 0 spiro atoms. The van der Waals surface area contributed by atoms with Crippen LogP contribution in [0.4, 0.5) is 0 Å². The fourth-order valence-corrected chi connectivity index (χ4v) is 1.19. The highest BCUT2D eigenvalue weighted by atomic mass is 35.5. The first-order valence-electron chi connectivity index (χ1n) is 3.78. The molecule has 0 radical (unpaired) electrons. The van der Waals surface area contributed by atoms with Crippen LogP contribution in [-0.4, -0.2) is 19.7 Å². The average Bonchev–Trinajstić information content (AvgIpc) is 2.57. The summed E-state index contributed by atoms with van der Waals surface area (Å²) in [6, 6.07) is 3.59. The summed E-state index contributed by atoms with van der Waals surface area (Å²) < 4.78 is 1.78. The topological polar surface area (TPSA) is 43.6 Å². The van der Waals surface area contributed by atoms with Gasteiger partial charge in [-0.3, -0.25) is 4.68 Å². The molecule has 0 saturated carbocycles. The predicted octanol–water partition coefficient (Wildman–Crippen LogP) is 1.37. The minimum Gasteiger partial charge on any atom is -0.267 e. The summed E-state index contributed by atoms with van der Waals surface area (Å²) in [4.78, 5) is 7.85. The fraction of sp³-hybridized carbons (Fsp3) is 0.125. The number of hydrogen-bond donors (Lipinski definition) is 0. The van der Waals surface area contributed by atoms with Crippen LogP contribution in [0.25, 0.3) is 0 Å². The van der Waals surface area contributed by atoms with Crippen molar-refractivity contribution in [1.29, 1.82) is 0 Å². The molecule has 0 fully saturated rings. The molecule has 2 aromatic rings. The molecular weight excluding hydrogens is 188 g/mol. The first kappa shape index (κ1) is 8.19. The number of nitrogens with zero attached hydrogens (tertiary/aromatic N) is 4. The van der Waals surface area contributed by atoms with Crippen molar-refractivity contribution in [2.24, 2.45) is 0 Å². The van der Waals surface area contributed by atoms with Gasteiger partial charge >= 0.3 is 0 Å². The van der Waals surface area contributed by atoms with E-state index in [9.17, 15) is 0 Å². The Morgan fingerprint density at radius 3 is 3.00 bits per heavy atom. The number of aromatic nitrogens is 4. The van der Waals surface area contributed by atoms with E-state index >= 15 is 0 Å². The van der Waals surface area contributed by atoms with E-state index in [0.717, 1.165) is 5.69 Å². The summed E-state index contributed by atoms with van der Waals surface area (Å²) in [6.07, 6.45) is 5.04.